The Morgan fingerprint density at radius 2 is 2.24 bits per heavy atom. The second kappa shape index (κ2) is 4.70. The molecule has 3 N–H and O–H groups in total. The van der Waals surface area contributed by atoms with Crippen molar-refractivity contribution >= 4 is 23.3 Å². The SMILES string of the molecule is Cc1nc(CNC(=O)NC2CC2)sc1C(=O)O. The molecule has 1 aliphatic rings. The van der Waals surface area contributed by atoms with Gasteiger partial charge >= 0.3 is 12.0 Å². The summed E-state index contributed by atoms with van der Waals surface area (Å²) >= 11 is 1.09. The van der Waals surface area contributed by atoms with E-state index in [1.165, 1.54) is 0 Å². The molecule has 0 atom stereocenters. The fraction of sp³-hybridized carbons (Fsp3) is 0.500. The zero-order chi connectivity index (χ0) is 12.4. The quantitative estimate of drug-likeness (QED) is 0.751. The number of urea groups is 1. The minimum atomic E-state index is -0.978. The van der Waals surface area contributed by atoms with Gasteiger partial charge in [-0.2, -0.15) is 0 Å². The van der Waals surface area contributed by atoms with Crippen molar-refractivity contribution in [3.8, 4) is 0 Å². The van der Waals surface area contributed by atoms with Crippen molar-refractivity contribution < 1.29 is 14.7 Å². The van der Waals surface area contributed by atoms with E-state index in [4.69, 9.17) is 5.11 Å². The monoisotopic (exact) mass is 255 g/mol. The number of carbonyl (C=O) groups is 2. The van der Waals surface area contributed by atoms with Crippen molar-refractivity contribution in [1.82, 2.24) is 15.6 Å². The number of hydrogen-bond acceptors (Lipinski definition) is 4. The second-order valence-corrected chi connectivity index (χ2v) is 5.01. The average Bonchev–Trinajstić information content (AvgIpc) is 2.97. The van der Waals surface area contributed by atoms with Crippen LogP contribution in [0.25, 0.3) is 0 Å². The number of amides is 2. The molecule has 0 aromatic carbocycles. The summed E-state index contributed by atoms with van der Waals surface area (Å²) in [5, 5.41) is 14.9. The third-order valence-corrected chi connectivity index (χ3v) is 3.49. The fourth-order valence-electron chi connectivity index (χ4n) is 1.35. The summed E-state index contributed by atoms with van der Waals surface area (Å²) in [5.41, 5.74) is 0.488. The van der Waals surface area contributed by atoms with Gasteiger partial charge in [0.1, 0.15) is 9.88 Å². The largest absolute Gasteiger partial charge is 0.477 e. The highest BCUT2D eigenvalue weighted by atomic mass is 32.1. The van der Waals surface area contributed by atoms with Gasteiger partial charge in [0.05, 0.1) is 12.2 Å². The van der Waals surface area contributed by atoms with Gasteiger partial charge in [0.2, 0.25) is 0 Å². The summed E-state index contributed by atoms with van der Waals surface area (Å²) < 4.78 is 0. The number of thiazole rings is 1. The van der Waals surface area contributed by atoms with Crippen LogP contribution in [0.4, 0.5) is 4.79 Å². The highest BCUT2D eigenvalue weighted by Gasteiger charge is 2.23. The van der Waals surface area contributed by atoms with Crippen LogP contribution in [-0.2, 0) is 6.54 Å². The fourth-order valence-corrected chi connectivity index (χ4v) is 2.19. The highest BCUT2D eigenvalue weighted by Crippen LogP contribution is 2.19. The molecule has 17 heavy (non-hydrogen) atoms. The predicted octanol–water partition coefficient (Wildman–Crippen LogP) is 1.11. The number of rotatable bonds is 4. The molecule has 0 saturated heterocycles. The van der Waals surface area contributed by atoms with E-state index in [0.29, 0.717) is 16.7 Å². The second-order valence-electron chi connectivity index (χ2n) is 3.93. The van der Waals surface area contributed by atoms with E-state index in [2.05, 4.69) is 15.6 Å². The number of nitrogens with one attached hydrogen (secondary N) is 2. The molecule has 0 radical (unpaired) electrons. The minimum Gasteiger partial charge on any atom is -0.477 e. The number of carboxylic acids is 1. The van der Waals surface area contributed by atoms with E-state index in [1.807, 2.05) is 0 Å². The molecule has 1 aromatic heterocycles. The van der Waals surface area contributed by atoms with Gasteiger partial charge in [0.25, 0.3) is 0 Å². The third-order valence-electron chi connectivity index (χ3n) is 2.35. The summed E-state index contributed by atoms with van der Waals surface area (Å²) in [6.07, 6.45) is 2.07. The van der Waals surface area contributed by atoms with Gasteiger partial charge in [-0.05, 0) is 19.8 Å². The zero-order valence-corrected chi connectivity index (χ0v) is 10.1. The lowest BCUT2D eigenvalue weighted by Gasteiger charge is -2.03. The average molecular weight is 255 g/mol. The van der Waals surface area contributed by atoms with Crippen molar-refractivity contribution in [2.75, 3.05) is 0 Å². The molecule has 0 aliphatic heterocycles. The van der Waals surface area contributed by atoms with Crippen molar-refractivity contribution in [2.45, 2.75) is 32.4 Å². The normalized spacial score (nSPS) is 14.4. The first kappa shape index (κ1) is 11.8. The third kappa shape index (κ3) is 3.16. The molecule has 1 fully saturated rings. The standard InChI is InChI=1S/C10H13N3O3S/c1-5-8(9(14)15)17-7(12-5)4-11-10(16)13-6-2-3-6/h6H,2-4H2,1H3,(H,14,15)(H2,11,13,16). The number of carbonyl (C=O) groups excluding carboxylic acids is 1. The molecule has 6 nitrogen and oxygen atoms in total. The number of nitrogens with zero attached hydrogens (tertiary/aromatic N) is 1. The Labute approximate surface area is 102 Å². The van der Waals surface area contributed by atoms with Crippen molar-refractivity contribution in [1.29, 1.82) is 0 Å². The summed E-state index contributed by atoms with van der Waals surface area (Å²) in [7, 11) is 0. The molecule has 1 aliphatic carbocycles. The molecule has 1 heterocycles. The van der Waals surface area contributed by atoms with Crippen molar-refractivity contribution in [3.05, 3.63) is 15.6 Å². The number of aryl methyl sites for hydroxylation is 1. The highest BCUT2D eigenvalue weighted by molar-refractivity contribution is 7.13. The smallest absolute Gasteiger partial charge is 0.347 e. The molecular weight excluding hydrogens is 242 g/mol. The molecular formula is C10H13N3O3S. The molecule has 0 spiro atoms. The summed E-state index contributed by atoms with van der Waals surface area (Å²) in [5.74, 6) is -0.978. The number of aromatic carboxylic acids is 1. The van der Waals surface area contributed by atoms with Crippen LogP contribution in [0.1, 0.15) is 33.2 Å². The van der Waals surface area contributed by atoms with Crippen LogP contribution in [0.5, 0.6) is 0 Å². The van der Waals surface area contributed by atoms with E-state index in [-0.39, 0.29) is 17.5 Å². The first-order valence-corrected chi connectivity index (χ1v) is 6.12. The lowest BCUT2D eigenvalue weighted by atomic mass is 10.4. The Morgan fingerprint density at radius 1 is 1.53 bits per heavy atom. The first-order valence-electron chi connectivity index (χ1n) is 5.30. The van der Waals surface area contributed by atoms with Crippen LogP contribution >= 0.6 is 11.3 Å². The van der Waals surface area contributed by atoms with Crippen LogP contribution in [0.3, 0.4) is 0 Å². The van der Waals surface area contributed by atoms with Gasteiger partial charge in [-0.25, -0.2) is 14.6 Å². The van der Waals surface area contributed by atoms with E-state index in [0.717, 1.165) is 24.2 Å². The van der Waals surface area contributed by atoms with Crippen LogP contribution in [0.15, 0.2) is 0 Å². The number of aromatic nitrogens is 1. The van der Waals surface area contributed by atoms with Gasteiger partial charge < -0.3 is 15.7 Å². The Hall–Kier alpha value is -1.63. The maximum absolute atomic E-state index is 11.3. The molecule has 7 heteroatoms. The Morgan fingerprint density at radius 3 is 2.76 bits per heavy atom. The van der Waals surface area contributed by atoms with Gasteiger partial charge in [0, 0.05) is 6.04 Å². The topological polar surface area (TPSA) is 91.3 Å². The van der Waals surface area contributed by atoms with E-state index in [9.17, 15) is 9.59 Å². The van der Waals surface area contributed by atoms with Crippen LogP contribution in [0, 0.1) is 6.92 Å². The molecule has 2 amide bonds. The van der Waals surface area contributed by atoms with Gasteiger partial charge in [-0.3, -0.25) is 0 Å². The molecule has 0 bridgehead atoms. The number of carboxylic acid groups (broad SMARTS) is 1. The van der Waals surface area contributed by atoms with Crippen LogP contribution in [-0.4, -0.2) is 28.1 Å². The molecule has 2 rings (SSSR count). The first-order chi connectivity index (χ1) is 8.06. The molecule has 92 valence electrons. The van der Waals surface area contributed by atoms with Gasteiger partial charge in [-0.1, -0.05) is 0 Å². The summed E-state index contributed by atoms with van der Waals surface area (Å²) in [6, 6.07) is 0.0832. The summed E-state index contributed by atoms with van der Waals surface area (Å²) in [6.45, 7) is 1.91. The van der Waals surface area contributed by atoms with Crippen molar-refractivity contribution in [2.24, 2.45) is 0 Å². The minimum absolute atomic E-state index is 0.225. The summed E-state index contributed by atoms with van der Waals surface area (Å²) in [4.78, 5) is 26.4. The lowest BCUT2D eigenvalue weighted by Crippen LogP contribution is -2.36. The number of hydrogen-bond donors (Lipinski definition) is 3. The Kier molecular flexibility index (Phi) is 3.28. The van der Waals surface area contributed by atoms with Gasteiger partial charge in [0.15, 0.2) is 0 Å². The maximum atomic E-state index is 11.3. The zero-order valence-electron chi connectivity index (χ0n) is 9.32. The molecule has 1 saturated carbocycles. The van der Waals surface area contributed by atoms with E-state index < -0.39 is 5.97 Å². The maximum Gasteiger partial charge on any atom is 0.347 e. The Balaban J connectivity index is 1.87. The van der Waals surface area contributed by atoms with Crippen molar-refractivity contribution in [3.63, 3.8) is 0 Å². The van der Waals surface area contributed by atoms with Crippen LogP contribution in [0.2, 0.25) is 0 Å². The predicted molar refractivity (Wildman–Crippen MR) is 62.2 cm³/mol. The van der Waals surface area contributed by atoms with Crippen LogP contribution < -0.4 is 10.6 Å². The van der Waals surface area contributed by atoms with E-state index in [1.54, 1.807) is 6.92 Å². The van der Waals surface area contributed by atoms with E-state index >= 15 is 0 Å². The Bertz CT molecular complexity index is 454. The molecule has 1 aromatic rings. The molecule has 0 unspecified atom stereocenters. The lowest BCUT2D eigenvalue weighted by molar-refractivity contribution is 0.0701. The van der Waals surface area contributed by atoms with Gasteiger partial charge in [-0.15, -0.1) is 11.3 Å².